The minimum atomic E-state index is -0.764. The number of carboxylic acids is 1. The van der Waals surface area contributed by atoms with Crippen molar-refractivity contribution in [2.75, 3.05) is 18.4 Å². The largest absolute Gasteiger partial charge is 0.481 e. The second-order valence-corrected chi connectivity index (χ2v) is 5.35. The Morgan fingerprint density at radius 1 is 1.25 bits per heavy atom. The van der Waals surface area contributed by atoms with Crippen LogP contribution in [0, 0.1) is 19.8 Å². The molecule has 0 radical (unpaired) electrons. The lowest BCUT2D eigenvalue weighted by Crippen LogP contribution is -2.42. The monoisotopic (exact) mass is 276 g/mol. The fraction of sp³-hybridized carbons (Fsp3) is 0.467. The number of amides is 2. The van der Waals surface area contributed by atoms with Gasteiger partial charge in [-0.3, -0.25) is 4.79 Å². The summed E-state index contributed by atoms with van der Waals surface area (Å²) in [6.07, 6.45) is 1.05. The molecule has 0 aliphatic carbocycles. The lowest BCUT2D eigenvalue weighted by molar-refractivity contribution is -0.143. The Labute approximate surface area is 118 Å². The van der Waals surface area contributed by atoms with Gasteiger partial charge in [-0.2, -0.15) is 0 Å². The molecule has 2 rings (SSSR count). The highest BCUT2D eigenvalue weighted by atomic mass is 16.4. The molecule has 1 aliphatic rings. The molecule has 5 nitrogen and oxygen atoms in total. The molecule has 1 heterocycles. The van der Waals surface area contributed by atoms with Crippen molar-refractivity contribution in [3.05, 3.63) is 29.3 Å². The number of aliphatic carboxylic acids is 1. The Kier molecular flexibility index (Phi) is 4.27. The van der Waals surface area contributed by atoms with Crippen LogP contribution in [-0.2, 0) is 4.79 Å². The summed E-state index contributed by atoms with van der Waals surface area (Å²) >= 11 is 0. The average Bonchev–Trinajstić information content (AvgIpc) is 2.42. The van der Waals surface area contributed by atoms with Gasteiger partial charge in [0, 0.05) is 18.8 Å². The van der Waals surface area contributed by atoms with E-state index >= 15 is 0 Å². The third kappa shape index (κ3) is 3.29. The van der Waals surface area contributed by atoms with E-state index in [1.54, 1.807) is 4.90 Å². The third-order valence-corrected chi connectivity index (χ3v) is 3.75. The molecule has 0 atom stereocenters. The summed E-state index contributed by atoms with van der Waals surface area (Å²) in [6.45, 7) is 4.95. The van der Waals surface area contributed by atoms with Gasteiger partial charge in [0.05, 0.1) is 5.92 Å². The normalized spacial score (nSPS) is 16.0. The molecule has 20 heavy (non-hydrogen) atoms. The molecule has 5 heteroatoms. The molecule has 0 saturated carbocycles. The Balaban J connectivity index is 1.94. The number of hydrogen-bond acceptors (Lipinski definition) is 2. The van der Waals surface area contributed by atoms with Crippen molar-refractivity contribution in [2.45, 2.75) is 26.7 Å². The first-order chi connectivity index (χ1) is 9.47. The predicted octanol–water partition coefficient (Wildman–Crippen LogP) is 2.63. The van der Waals surface area contributed by atoms with Gasteiger partial charge in [-0.15, -0.1) is 0 Å². The summed E-state index contributed by atoms with van der Waals surface area (Å²) in [5.41, 5.74) is 2.99. The van der Waals surface area contributed by atoms with Crippen LogP contribution < -0.4 is 5.32 Å². The molecule has 108 valence electrons. The summed E-state index contributed by atoms with van der Waals surface area (Å²) in [4.78, 5) is 24.7. The highest BCUT2D eigenvalue weighted by Crippen LogP contribution is 2.20. The standard InChI is InChI=1S/C15H20N2O3/c1-10-3-4-13(11(2)9-10)16-15(20)17-7-5-12(6-8-17)14(18)19/h3-4,9,12H,5-8H2,1-2H3,(H,16,20)(H,18,19). The van der Waals surface area contributed by atoms with Crippen LogP contribution in [0.2, 0.25) is 0 Å². The molecule has 0 aromatic heterocycles. The quantitative estimate of drug-likeness (QED) is 0.872. The van der Waals surface area contributed by atoms with Crippen molar-refractivity contribution >= 4 is 17.7 Å². The summed E-state index contributed by atoms with van der Waals surface area (Å²) in [7, 11) is 0. The number of piperidine rings is 1. The van der Waals surface area contributed by atoms with Crippen molar-refractivity contribution in [1.29, 1.82) is 0 Å². The topological polar surface area (TPSA) is 69.6 Å². The third-order valence-electron chi connectivity index (χ3n) is 3.75. The van der Waals surface area contributed by atoms with E-state index in [1.165, 1.54) is 0 Å². The first-order valence-corrected chi connectivity index (χ1v) is 6.83. The Bertz CT molecular complexity index is 520. The number of nitrogens with one attached hydrogen (secondary N) is 1. The van der Waals surface area contributed by atoms with Crippen LogP contribution in [0.15, 0.2) is 18.2 Å². The predicted molar refractivity (Wildman–Crippen MR) is 76.9 cm³/mol. The highest BCUT2D eigenvalue weighted by molar-refractivity contribution is 5.90. The second kappa shape index (κ2) is 5.94. The van der Waals surface area contributed by atoms with E-state index in [9.17, 15) is 9.59 Å². The molecular weight excluding hydrogens is 256 g/mol. The van der Waals surface area contributed by atoms with E-state index in [2.05, 4.69) is 5.32 Å². The van der Waals surface area contributed by atoms with E-state index in [1.807, 2.05) is 32.0 Å². The minimum Gasteiger partial charge on any atom is -0.481 e. The number of aryl methyl sites for hydroxylation is 2. The van der Waals surface area contributed by atoms with Gasteiger partial charge in [0.2, 0.25) is 0 Å². The summed E-state index contributed by atoms with van der Waals surface area (Å²) in [6, 6.07) is 5.72. The summed E-state index contributed by atoms with van der Waals surface area (Å²) in [5.74, 6) is -1.08. The fourth-order valence-corrected chi connectivity index (χ4v) is 2.48. The zero-order valence-corrected chi connectivity index (χ0v) is 11.8. The zero-order chi connectivity index (χ0) is 14.7. The van der Waals surface area contributed by atoms with Gasteiger partial charge in [0.25, 0.3) is 0 Å². The number of urea groups is 1. The maximum atomic E-state index is 12.1. The fourth-order valence-electron chi connectivity index (χ4n) is 2.48. The lowest BCUT2D eigenvalue weighted by Gasteiger charge is -2.30. The first kappa shape index (κ1) is 14.4. The van der Waals surface area contributed by atoms with Crippen LogP contribution in [0.5, 0.6) is 0 Å². The number of carboxylic acid groups (broad SMARTS) is 1. The van der Waals surface area contributed by atoms with E-state index < -0.39 is 5.97 Å². The second-order valence-electron chi connectivity index (χ2n) is 5.35. The van der Waals surface area contributed by atoms with Crippen molar-refractivity contribution in [1.82, 2.24) is 4.90 Å². The highest BCUT2D eigenvalue weighted by Gasteiger charge is 2.27. The number of nitrogens with zero attached hydrogens (tertiary/aromatic N) is 1. The van der Waals surface area contributed by atoms with Crippen LogP contribution in [0.1, 0.15) is 24.0 Å². The molecule has 1 aliphatic heterocycles. The molecule has 1 fully saturated rings. The molecule has 1 aromatic carbocycles. The van der Waals surface area contributed by atoms with Gasteiger partial charge in [0.15, 0.2) is 0 Å². The van der Waals surface area contributed by atoms with Crippen molar-refractivity contribution < 1.29 is 14.7 Å². The first-order valence-electron chi connectivity index (χ1n) is 6.83. The van der Waals surface area contributed by atoms with Crippen molar-refractivity contribution in [2.24, 2.45) is 5.92 Å². The number of likely N-dealkylation sites (tertiary alicyclic amines) is 1. The van der Waals surface area contributed by atoms with Crippen LogP contribution in [0.3, 0.4) is 0 Å². The average molecular weight is 276 g/mol. The SMILES string of the molecule is Cc1ccc(NC(=O)N2CCC(C(=O)O)CC2)c(C)c1. The summed E-state index contributed by atoms with van der Waals surface area (Å²) < 4.78 is 0. The molecule has 2 N–H and O–H groups in total. The van der Waals surface area contributed by atoms with Gasteiger partial charge in [-0.1, -0.05) is 17.7 Å². The van der Waals surface area contributed by atoms with Gasteiger partial charge in [0.1, 0.15) is 0 Å². The van der Waals surface area contributed by atoms with Crippen molar-refractivity contribution in [3.8, 4) is 0 Å². The van der Waals surface area contributed by atoms with Gasteiger partial charge >= 0.3 is 12.0 Å². The molecule has 0 unspecified atom stereocenters. The maximum Gasteiger partial charge on any atom is 0.321 e. The van der Waals surface area contributed by atoms with Crippen LogP contribution in [-0.4, -0.2) is 35.1 Å². The molecule has 0 spiro atoms. The van der Waals surface area contributed by atoms with Crippen LogP contribution in [0.4, 0.5) is 10.5 Å². The number of carbonyl (C=O) groups is 2. The van der Waals surface area contributed by atoms with Crippen LogP contribution >= 0.6 is 0 Å². The summed E-state index contributed by atoms with van der Waals surface area (Å²) in [5, 5.41) is 11.8. The number of benzene rings is 1. The van der Waals surface area contributed by atoms with Gasteiger partial charge in [-0.05, 0) is 38.3 Å². The Hall–Kier alpha value is -2.04. The number of anilines is 1. The van der Waals surface area contributed by atoms with E-state index in [0.717, 1.165) is 16.8 Å². The van der Waals surface area contributed by atoms with E-state index in [4.69, 9.17) is 5.11 Å². The molecule has 0 bridgehead atoms. The minimum absolute atomic E-state index is 0.152. The zero-order valence-electron chi connectivity index (χ0n) is 11.8. The molecule has 1 saturated heterocycles. The smallest absolute Gasteiger partial charge is 0.321 e. The number of carbonyl (C=O) groups excluding carboxylic acids is 1. The van der Waals surface area contributed by atoms with E-state index in [0.29, 0.717) is 25.9 Å². The Morgan fingerprint density at radius 3 is 2.45 bits per heavy atom. The molecular formula is C15H20N2O3. The molecule has 1 aromatic rings. The van der Waals surface area contributed by atoms with Gasteiger partial charge in [-0.25, -0.2) is 4.79 Å². The Morgan fingerprint density at radius 2 is 1.90 bits per heavy atom. The number of rotatable bonds is 2. The molecule has 2 amide bonds. The lowest BCUT2D eigenvalue weighted by atomic mass is 9.97. The van der Waals surface area contributed by atoms with E-state index in [-0.39, 0.29) is 11.9 Å². The van der Waals surface area contributed by atoms with Crippen LogP contribution in [0.25, 0.3) is 0 Å². The number of hydrogen-bond donors (Lipinski definition) is 2. The maximum absolute atomic E-state index is 12.1. The van der Waals surface area contributed by atoms with Gasteiger partial charge < -0.3 is 15.3 Å². The van der Waals surface area contributed by atoms with Crippen molar-refractivity contribution in [3.63, 3.8) is 0 Å².